The van der Waals surface area contributed by atoms with Crippen molar-refractivity contribution in [3.8, 4) is 17.1 Å². The van der Waals surface area contributed by atoms with Crippen LogP contribution in [0.15, 0.2) is 62.7 Å². The van der Waals surface area contributed by atoms with E-state index in [0.717, 1.165) is 16.9 Å². The Morgan fingerprint density at radius 1 is 0.964 bits per heavy atom. The monoisotopic (exact) mass is 394 g/mol. The van der Waals surface area contributed by atoms with E-state index in [2.05, 4.69) is 20.3 Å². The van der Waals surface area contributed by atoms with Gasteiger partial charge in [-0.05, 0) is 31.5 Å². The highest BCUT2D eigenvalue weighted by molar-refractivity contribution is 7.98. The van der Waals surface area contributed by atoms with Crippen molar-refractivity contribution < 1.29 is 13.7 Å². The smallest absolute Gasteiger partial charge is 0.277 e. The Hall–Kier alpha value is -3.13. The fourth-order valence-corrected chi connectivity index (χ4v) is 3.08. The zero-order valence-corrected chi connectivity index (χ0v) is 16.3. The summed E-state index contributed by atoms with van der Waals surface area (Å²) >= 11 is 1.34. The first kappa shape index (κ1) is 18.2. The molecule has 2 heterocycles. The molecule has 0 aliphatic carbocycles. The van der Waals surface area contributed by atoms with Crippen molar-refractivity contribution in [3.05, 3.63) is 71.4 Å². The molecule has 0 unspecified atom stereocenters. The molecule has 142 valence electrons. The number of benzene rings is 2. The van der Waals surface area contributed by atoms with Crippen LogP contribution in [0.3, 0.4) is 0 Å². The second-order valence-corrected chi connectivity index (χ2v) is 7.16. The third-order valence-electron chi connectivity index (χ3n) is 3.90. The molecule has 7 nitrogen and oxygen atoms in total. The molecule has 0 atom stereocenters. The van der Waals surface area contributed by atoms with E-state index in [9.17, 15) is 0 Å². The standard InChI is InChI=1S/C20H18N4O3S/c1-13-6-8-15(9-7-13)19-21-18(27-24-19)12-28-20-23-22-17(26-20)11-25-16-5-3-4-14(2)10-16/h3-10H,11-12H2,1-2H3. The van der Waals surface area contributed by atoms with Crippen LogP contribution in [0.25, 0.3) is 11.4 Å². The molecule has 2 aromatic carbocycles. The fourth-order valence-electron chi connectivity index (χ4n) is 2.46. The van der Waals surface area contributed by atoms with E-state index in [4.69, 9.17) is 13.7 Å². The maximum Gasteiger partial charge on any atom is 0.277 e. The number of aryl methyl sites for hydroxylation is 2. The van der Waals surface area contributed by atoms with E-state index in [-0.39, 0.29) is 6.61 Å². The number of ether oxygens (including phenoxy) is 1. The van der Waals surface area contributed by atoms with Gasteiger partial charge in [-0.2, -0.15) is 4.98 Å². The molecule has 0 amide bonds. The van der Waals surface area contributed by atoms with E-state index in [1.807, 2.05) is 62.4 Å². The first-order chi connectivity index (χ1) is 13.7. The lowest BCUT2D eigenvalue weighted by molar-refractivity contribution is 0.252. The lowest BCUT2D eigenvalue weighted by atomic mass is 10.1. The maximum atomic E-state index is 5.66. The van der Waals surface area contributed by atoms with E-state index in [1.54, 1.807) is 0 Å². The summed E-state index contributed by atoms with van der Waals surface area (Å²) in [5, 5.41) is 12.5. The van der Waals surface area contributed by atoms with Crippen LogP contribution in [0.5, 0.6) is 5.75 Å². The van der Waals surface area contributed by atoms with Gasteiger partial charge in [0.05, 0.1) is 5.75 Å². The largest absolute Gasteiger partial charge is 0.484 e. The van der Waals surface area contributed by atoms with Gasteiger partial charge in [0.25, 0.3) is 11.1 Å². The average molecular weight is 394 g/mol. The van der Waals surface area contributed by atoms with Crippen molar-refractivity contribution >= 4 is 11.8 Å². The minimum Gasteiger partial charge on any atom is -0.484 e. The molecule has 0 N–H and O–H groups in total. The molecule has 0 spiro atoms. The molecule has 8 heteroatoms. The first-order valence-corrected chi connectivity index (χ1v) is 9.68. The molecule has 28 heavy (non-hydrogen) atoms. The number of hydrogen-bond donors (Lipinski definition) is 0. The number of thioether (sulfide) groups is 1. The first-order valence-electron chi connectivity index (χ1n) is 8.70. The molecular formula is C20H18N4O3S. The SMILES string of the molecule is Cc1ccc(-c2noc(CSc3nnc(COc4cccc(C)c4)o3)n2)cc1. The third kappa shape index (κ3) is 4.58. The molecular weight excluding hydrogens is 376 g/mol. The van der Waals surface area contributed by atoms with Crippen molar-refractivity contribution in [2.75, 3.05) is 0 Å². The van der Waals surface area contributed by atoms with Crippen molar-refractivity contribution in [1.82, 2.24) is 20.3 Å². The average Bonchev–Trinajstić information content (AvgIpc) is 3.35. The van der Waals surface area contributed by atoms with Crippen LogP contribution in [0.4, 0.5) is 0 Å². The Kier molecular flexibility index (Phi) is 5.38. The van der Waals surface area contributed by atoms with Crippen LogP contribution >= 0.6 is 11.8 Å². The Labute approximate surface area is 166 Å². The highest BCUT2D eigenvalue weighted by Crippen LogP contribution is 2.23. The Bertz CT molecular complexity index is 1060. The second kappa shape index (κ2) is 8.26. The zero-order chi connectivity index (χ0) is 19.3. The number of nitrogens with zero attached hydrogens (tertiary/aromatic N) is 4. The summed E-state index contributed by atoms with van der Waals surface area (Å²) in [6.07, 6.45) is 0. The predicted octanol–water partition coefficient (Wildman–Crippen LogP) is 4.61. The molecule has 0 aliphatic heterocycles. The second-order valence-electron chi connectivity index (χ2n) is 6.23. The van der Waals surface area contributed by atoms with Crippen molar-refractivity contribution in [2.24, 2.45) is 0 Å². The van der Waals surface area contributed by atoms with Gasteiger partial charge in [0.2, 0.25) is 11.7 Å². The van der Waals surface area contributed by atoms with Crippen molar-refractivity contribution in [1.29, 1.82) is 0 Å². The molecule has 0 bridgehead atoms. The van der Waals surface area contributed by atoms with E-state index in [1.165, 1.54) is 17.3 Å². The normalized spacial score (nSPS) is 10.9. The van der Waals surface area contributed by atoms with E-state index < -0.39 is 0 Å². The quantitative estimate of drug-likeness (QED) is 0.420. The lowest BCUT2D eigenvalue weighted by Gasteiger charge is -2.03. The number of rotatable bonds is 7. The molecule has 2 aromatic heterocycles. The Morgan fingerprint density at radius 3 is 2.64 bits per heavy atom. The molecule has 4 aromatic rings. The molecule has 0 aliphatic rings. The minimum atomic E-state index is 0.217. The van der Waals surface area contributed by atoms with E-state index >= 15 is 0 Å². The number of hydrogen-bond acceptors (Lipinski definition) is 8. The highest BCUT2D eigenvalue weighted by Gasteiger charge is 2.12. The fraction of sp³-hybridized carbons (Fsp3) is 0.200. The lowest BCUT2D eigenvalue weighted by Crippen LogP contribution is -1.95. The van der Waals surface area contributed by atoms with Crippen molar-refractivity contribution in [2.45, 2.75) is 31.4 Å². The minimum absolute atomic E-state index is 0.217. The van der Waals surface area contributed by atoms with Crippen LogP contribution in [-0.4, -0.2) is 20.3 Å². The summed E-state index contributed by atoms with van der Waals surface area (Å²) in [5.41, 5.74) is 3.23. The summed E-state index contributed by atoms with van der Waals surface area (Å²) in [7, 11) is 0. The maximum absolute atomic E-state index is 5.66. The van der Waals surface area contributed by atoms with Crippen LogP contribution in [0, 0.1) is 13.8 Å². The molecule has 4 rings (SSSR count). The highest BCUT2D eigenvalue weighted by atomic mass is 32.2. The van der Waals surface area contributed by atoms with Crippen LogP contribution in [-0.2, 0) is 12.4 Å². The van der Waals surface area contributed by atoms with Gasteiger partial charge >= 0.3 is 0 Å². The number of aromatic nitrogens is 4. The van der Waals surface area contributed by atoms with Gasteiger partial charge in [0.1, 0.15) is 5.75 Å². The summed E-state index contributed by atoms with van der Waals surface area (Å²) in [4.78, 5) is 4.40. The predicted molar refractivity (Wildman–Crippen MR) is 104 cm³/mol. The van der Waals surface area contributed by atoms with Gasteiger partial charge in [-0.3, -0.25) is 0 Å². The Balaban J connectivity index is 1.31. The summed E-state index contributed by atoms with van der Waals surface area (Å²) < 4.78 is 16.5. The Morgan fingerprint density at radius 2 is 1.82 bits per heavy atom. The molecule has 0 saturated heterocycles. The molecule has 0 radical (unpaired) electrons. The van der Waals surface area contributed by atoms with Crippen LogP contribution in [0.2, 0.25) is 0 Å². The summed E-state index contributed by atoms with van der Waals surface area (Å²) in [6.45, 7) is 4.26. The van der Waals surface area contributed by atoms with Gasteiger partial charge in [-0.25, -0.2) is 0 Å². The van der Waals surface area contributed by atoms with Gasteiger partial charge in [-0.1, -0.05) is 58.9 Å². The van der Waals surface area contributed by atoms with Crippen LogP contribution in [0.1, 0.15) is 22.9 Å². The van der Waals surface area contributed by atoms with E-state index in [0.29, 0.717) is 28.6 Å². The summed E-state index contributed by atoms with van der Waals surface area (Å²) in [5.74, 6) is 2.68. The zero-order valence-electron chi connectivity index (χ0n) is 15.5. The van der Waals surface area contributed by atoms with Gasteiger partial charge in [0, 0.05) is 5.56 Å². The van der Waals surface area contributed by atoms with Gasteiger partial charge < -0.3 is 13.7 Å². The van der Waals surface area contributed by atoms with Gasteiger partial charge in [0.15, 0.2) is 6.61 Å². The summed E-state index contributed by atoms with van der Waals surface area (Å²) in [6, 6.07) is 15.8. The third-order valence-corrected chi connectivity index (χ3v) is 4.70. The van der Waals surface area contributed by atoms with Crippen molar-refractivity contribution in [3.63, 3.8) is 0 Å². The molecule has 0 saturated carbocycles. The van der Waals surface area contributed by atoms with Crippen LogP contribution < -0.4 is 4.74 Å². The van der Waals surface area contributed by atoms with Gasteiger partial charge in [-0.15, -0.1) is 10.2 Å². The topological polar surface area (TPSA) is 87.1 Å². The molecule has 0 fully saturated rings.